The highest BCUT2D eigenvalue weighted by molar-refractivity contribution is 7.89. The quantitative estimate of drug-likeness (QED) is 0.894. The minimum atomic E-state index is -3.72. The molecule has 0 bridgehead atoms. The minimum absolute atomic E-state index is 0.0103. The standard InChI is InChI=1S/C14H13FN2O3S/c15-12-5-3-11(4-6-12)14(18)17-9-10-1-7-13(8-2-10)21(16,19)20/h1-8H,9H2,(H,17,18)(H2,16,19,20). The highest BCUT2D eigenvalue weighted by atomic mass is 32.2. The summed E-state index contributed by atoms with van der Waals surface area (Å²) >= 11 is 0. The van der Waals surface area contributed by atoms with Crippen LogP contribution in [0.1, 0.15) is 15.9 Å². The lowest BCUT2D eigenvalue weighted by Gasteiger charge is -2.06. The molecule has 0 atom stereocenters. The third-order valence-electron chi connectivity index (χ3n) is 2.81. The number of nitrogens with two attached hydrogens (primary N) is 1. The Morgan fingerprint density at radius 2 is 1.62 bits per heavy atom. The van der Waals surface area contributed by atoms with E-state index in [1.54, 1.807) is 12.1 Å². The summed E-state index contributed by atoms with van der Waals surface area (Å²) < 4.78 is 34.9. The summed E-state index contributed by atoms with van der Waals surface area (Å²) in [6, 6.07) is 11.0. The highest BCUT2D eigenvalue weighted by Gasteiger charge is 2.08. The van der Waals surface area contributed by atoms with E-state index >= 15 is 0 Å². The molecule has 0 saturated carbocycles. The van der Waals surface area contributed by atoms with Crippen molar-refractivity contribution in [2.75, 3.05) is 0 Å². The molecule has 2 aromatic rings. The Hall–Kier alpha value is -2.25. The van der Waals surface area contributed by atoms with Gasteiger partial charge >= 0.3 is 0 Å². The predicted molar refractivity (Wildman–Crippen MR) is 75.4 cm³/mol. The van der Waals surface area contributed by atoms with E-state index in [9.17, 15) is 17.6 Å². The van der Waals surface area contributed by atoms with Crippen molar-refractivity contribution in [3.8, 4) is 0 Å². The number of benzene rings is 2. The first-order valence-electron chi connectivity index (χ1n) is 6.02. The van der Waals surface area contributed by atoms with E-state index < -0.39 is 15.8 Å². The van der Waals surface area contributed by atoms with Crippen molar-refractivity contribution in [1.29, 1.82) is 0 Å². The highest BCUT2D eigenvalue weighted by Crippen LogP contribution is 2.09. The van der Waals surface area contributed by atoms with Crippen LogP contribution in [0.3, 0.4) is 0 Å². The largest absolute Gasteiger partial charge is 0.348 e. The molecular formula is C14H13FN2O3S. The Morgan fingerprint density at radius 1 is 1.05 bits per heavy atom. The van der Waals surface area contributed by atoms with Gasteiger partial charge in [-0.3, -0.25) is 4.79 Å². The van der Waals surface area contributed by atoms with E-state index in [0.29, 0.717) is 5.56 Å². The number of amides is 1. The van der Waals surface area contributed by atoms with Crippen LogP contribution >= 0.6 is 0 Å². The maximum Gasteiger partial charge on any atom is 0.251 e. The van der Waals surface area contributed by atoms with Crippen LogP contribution in [0.25, 0.3) is 0 Å². The van der Waals surface area contributed by atoms with Crippen LogP contribution < -0.4 is 10.5 Å². The Kier molecular flexibility index (Phi) is 4.35. The van der Waals surface area contributed by atoms with Crippen LogP contribution in [0.2, 0.25) is 0 Å². The van der Waals surface area contributed by atoms with Crippen LogP contribution in [0.5, 0.6) is 0 Å². The molecule has 0 fully saturated rings. The third-order valence-corrected chi connectivity index (χ3v) is 3.74. The van der Waals surface area contributed by atoms with Gasteiger partial charge < -0.3 is 5.32 Å². The molecule has 0 heterocycles. The van der Waals surface area contributed by atoms with Crippen LogP contribution in [0.15, 0.2) is 53.4 Å². The van der Waals surface area contributed by atoms with Crippen molar-refractivity contribution in [1.82, 2.24) is 5.32 Å². The molecule has 0 aliphatic heterocycles. The van der Waals surface area contributed by atoms with E-state index in [1.165, 1.54) is 36.4 Å². The van der Waals surface area contributed by atoms with Gasteiger partial charge in [0.1, 0.15) is 5.82 Å². The van der Waals surface area contributed by atoms with Crippen molar-refractivity contribution in [2.45, 2.75) is 11.4 Å². The second kappa shape index (κ2) is 6.02. The molecule has 7 heteroatoms. The number of nitrogens with one attached hydrogen (secondary N) is 1. The second-order valence-electron chi connectivity index (χ2n) is 4.38. The summed E-state index contributed by atoms with van der Waals surface area (Å²) in [5, 5.41) is 7.64. The first kappa shape index (κ1) is 15.1. The Balaban J connectivity index is 2.00. The van der Waals surface area contributed by atoms with Gasteiger partial charge in [0.15, 0.2) is 0 Å². The Bertz CT molecular complexity index is 741. The smallest absolute Gasteiger partial charge is 0.251 e. The molecule has 2 rings (SSSR count). The number of carbonyl (C=O) groups excluding carboxylic acids is 1. The molecule has 0 unspecified atom stereocenters. The average molecular weight is 308 g/mol. The lowest BCUT2D eigenvalue weighted by Crippen LogP contribution is -2.22. The van der Waals surface area contributed by atoms with Crippen molar-refractivity contribution in [2.24, 2.45) is 5.14 Å². The SMILES string of the molecule is NS(=O)(=O)c1ccc(CNC(=O)c2ccc(F)cc2)cc1. The van der Waals surface area contributed by atoms with Crippen molar-refractivity contribution in [3.05, 3.63) is 65.5 Å². The molecule has 0 radical (unpaired) electrons. The lowest BCUT2D eigenvalue weighted by molar-refractivity contribution is 0.0951. The molecule has 0 aromatic heterocycles. The number of rotatable bonds is 4. The van der Waals surface area contributed by atoms with Gasteiger partial charge in [0, 0.05) is 12.1 Å². The molecule has 5 nitrogen and oxygen atoms in total. The Morgan fingerprint density at radius 3 is 2.14 bits per heavy atom. The van der Waals surface area contributed by atoms with Gasteiger partial charge in [0.2, 0.25) is 10.0 Å². The zero-order valence-corrected chi connectivity index (χ0v) is 11.7. The van der Waals surface area contributed by atoms with Crippen LogP contribution in [-0.4, -0.2) is 14.3 Å². The van der Waals surface area contributed by atoms with E-state index in [4.69, 9.17) is 5.14 Å². The summed E-state index contributed by atoms with van der Waals surface area (Å²) in [7, 11) is -3.72. The maximum absolute atomic E-state index is 12.7. The van der Waals surface area contributed by atoms with Gasteiger partial charge in [0.05, 0.1) is 4.90 Å². The second-order valence-corrected chi connectivity index (χ2v) is 5.94. The molecule has 2 aromatic carbocycles. The van der Waals surface area contributed by atoms with Gasteiger partial charge in [-0.2, -0.15) is 0 Å². The maximum atomic E-state index is 12.7. The van der Waals surface area contributed by atoms with Crippen LogP contribution in [0.4, 0.5) is 4.39 Å². The number of sulfonamides is 1. The summed E-state index contributed by atoms with van der Waals surface area (Å²) in [5.41, 5.74) is 1.07. The molecule has 3 N–H and O–H groups in total. The van der Waals surface area contributed by atoms with E-state index in [-0.39, 0.29) is 17.3 Å². The average Bonchev–Trinajstić information content (AvgIpc) is 2.45. The monoisotopic (exact) mass is 308 g/mol. The zero-order chi connectivity index (χ0) is 15.5. The normalized spacial score (nSPS) is 11.1. The fraction of sp³-hybridized carbons (Fsp3) is 0.0714. The summed E-state index contributed by atoms with van der Waals surface area (Å²) in [4.78, 5) is 11.8. The van der Waals surface area contributed by atoms with Crippen LogP contribution in [0, 0.1) is 5.82 Å². The number of primary sulfonamides is 1. The molecule has 0 spiro atoms. The lowest BCUT2D eigenvalue weighted by atomic mass is 10.2. The molecule has 0 aliphatic carbocycles. The molecular weight excluding hydrogens is 295 g/mol. The van der Waals surface area contributed by atoms with E-state index in [1.807, 2.05) is 0 Å². The van der Waals surface area contributed by atoms with E-state index in [0.717, 1.165) is 5.56 Å². The summed E-state index contributed by atoms with van der Waals surface area (Å²) in [6.45, 7) is 0.223. The summed E-state index contributed by atoms with van der Waals surface area (Å²) in [5.74, 6) is -0.754. The minimum Gasteiger partial charge on any atom is -0.348 e. The van der Waals surface area contributed by atoms with Crippen molar-refractivity contribution >= 4 is 15.9 Å². The van der Waals surface area contributed by atoms with Crippen LogP contribution in [-0.2, 0) is 16.6 Å². The first-order chi connectivity index (χ1) is 9.86. The first-order valence-corrected chi connectivity index (χ1v) is 7.56. The number of hydrogen-bond donors (Lipinski definition) is 2. The summed E-state index contributed by atoms with van der Waals surface area (Å²) in [6.07, 6.45) is 0. The molecule has 0 saturated heterocycles. The zero-order valence-electron chi connectivity index (χ0n) is 10.9. The number of carbonyl (C=O) groups is 1. The predicted octanol–water partition coefficient (Wildman–Crippen LogP) is 1.40. The fourth-order valence-corrected chi connectivity index (χ4v) is 2.20. The Labute approximate surface area is 121 Å². The third kappa shape index (κ3) is 4.11. The fourth-order valence-electron chi connectivity index (χ4n) is 1.68. The van der Waals surface area contributed by atoms with Crippen molar-refractivity contribution < 1.29 is 17.6 Å². The van der Waals surface area contributed by atoms with Gasteiger partial charge in [-0.15, -0.1) is 0 Å². The van der Waals surface area contributed by atoms with Gasteiger partial charge in [0.25, 0.3) is 5.91 Å². The van der Waals surface area contributed by atoms with Gasteiger partial charge in [-0.05, 0) is 42.0 Å². The van der Waals surface area contributed by atoms with Crippen molar-refractivity contribution in [3.63, 3.8) is 0 Å². The molecule has 110 valence electrons. The molecule has 21 heavy (non-hydrogen) atoms. The van der Waals surface area contributed by atoms with E-state index in [2.05, 4.69) is 5.32 Å². The van der Waals surface area contributed by atoms with Gasteiger partial charge in [-0.25, -0.2) is 17.9 Å². The number of halogens is 1. The molecule has 0 aliphatic rings. The topological polar surface area (TPSA) is 89.3 Å². The number of hydrogen-bond acceptors (Lipinski definition) is 3. The van der Waals surface area contributed by atoms with Gasteiger partial charge in [-0.1, -0.05) is 12.1 Å². The molecule has 1 amide bonds.